The minimum absolute atomic E-state index is 0.0314. The van der Waals surface area contributed by atoms with E-state index in [0.29, 0.717) is 12.0 Å². The van der Waals surface area contributed by atoms with Crippen molar-refractivity contribution in [2.75, 3.05) is 0 Å². The molecule has 0 radical (unpaired) electrons. The van der Waals surface area contributed by atoms with E-state index < -0.39 is 5.60 Å². The van der Waals surface area contributed by atoms with Gasteiger partial charge in [0.25, 0.3) is 5.56 Å². The number of hydrogen-bond donors (Lipinski definition) is 1. The van der Waals surface area contributed by atoms with Crippen molar-refractivity contribution in [1.29, 1.82) is 0 Å². The van der Waals surface area contributed by atoms with Gasteiger partial charge in [-0.3, -0.25) is 8.75 Å². The summed E-state index contributed by atoms with van der Waals surface area (Å²) < 4.78 is 2.72. The highest BCUT2D eigenvalue weighted by molar-refractivity contribution is 7.13. The van der Waals surface area contributed by atoms with Crippen molar-refractivity contribution in [2.24, 2.45) is 5.41 Å². The lowest BCUT2D eigenvalue weighted by atomic mass is 9.71. The van der Waals surface area contributed by atoms with Gasteiger partial charge in [0.15, 0.2) is 0 Å². The largest absolute Gasteiger partial charge is 0.388 e. The maximum Gasteiger partial charge on any atom is 0.268 e. The summed E-state index contributed by atoms with van der Waals surface area (Å²) in [5, 5.41) is 11.5. The van der Waals surface area contributed by atoms with E-state index in [-0.39, 0.29) is 5.56 Å². The van der Waals surface area contributed by atoms with Crippen molar-refractivity contribution in [1.82, 2.24) is 3.96 Å². The van der Waals surface area contributed by atoms with Crippen molar-refractivity contribution in [2.45, 2.75) is 51.7 Å². The molecular weight excluding hydrogens is 270 g/mol. The summed E-state index contributed by atoms with van der Waals surface area (Å²) >= 11 is 1.46. The molecule has 2 aromatic rings. The van der Waals surface area contributed by atoms with Gasteiger partial charge in [-0.2, -0.15) is 0 Å². The van der Waals surface area contributed by atoms with Gasteiger partial charge in [0.2, 0.25) is 0 Å². The summed E-state index contributed by atoms with van der Waals surface area (Å²) in [6.45, 7) is 4.93. The van der Waals surface area contributed by atoms with Gasteiger partial charge in [0.1, 0.15) is 0 Å². The molecule has 1 aromatic carbocycles. The Labute approximate surface area is 123 Å². The Morgan fingerprint density at radius 2 is 1.85 bits per heavy atom. The highest BCUT2D eigenvalue weighted by Gasteiger charge is 2.37. The van der Waals surface area contributed by atoms with E-state index in [9.17, 15) is 9.90 Å². The molecule has 20 heavy (non-hydrogen) atoms. The molecule has 4 heteroatoms. The first kappa shape index (κ1) is 13.8. The molecule has 3 nitrogen and oxygen atoms in total. The van der Waals surface area contributed by atoms with Crippen LogP contribution in [0.3, 0.4) is 0 Å². The van der Waals surface area contributed by atoms with E-state index >= 15 is 0 Å². The molecule has 1 N–H and O–H groups in total. The Morgan fingerprint density at radius 1 is 1.20 bits per heavy atom. The number of hydrogen-bond acceptors (Lipinski definition) is 3. The minimum Gasteiger partial charge on any atom is -0.388 e. The summed E-state index contributed by atoms with van der Waals surface area (Å²) in [6, 6.07) is 7.66. The number of aromatic nitrogens is 1. The molecular formula is C16H21NO2S. The van der Waals surface area contributed by atoms with Crippen LogP contribution in [0.2, 0.25) is 0 Å². The number of benzene rings is 1. The molecule has 0 spiro atoms. The molecule has 108 valence electrons. The van der Waals surface area contributed by atoms with Crippen molar-refractivity contribution in [3.05, 3.63) is 34.6 Å². The number of nitrogens with zero attached hydrogens (tertiary/aromatic N) is 1. The van der Waals surface area contributed by atoms with E-state index in [4.69, 9.17) is 0 Å². The van der Waals surface area contributed by atoms with Gasteiger partial charge >= 0.3 is 0 Å². The predicted molar refractivity (Wildman–Crippen MR) is 83.3 cm³/mol. The third-order valence-electron chi connectivity index (χ3n) is 4.52. The van der Waals surface area contributed by atoms with Crippen LogP contribution in [0.5, 0.6) is 0 Å². The molecule has 0 saturated heterocycles. The highest BCUT2D eigenvalue weighted by atomic mass is 32.1. The number of rotatable bonds is 2. The molecule has 0 amide bonds. The Balaban J connectivity index is 1.86. The van der Waals surface area contributed by atoms with Gasteiger partial charge in [0.05, 0.1) is 22.2 Å². The molecule has 0 aliphatic heterocycles. The van der Waals surface area contributed by atoms with Gasteiger partial charge < -0.3 is 5.11 Å². The Kier molecular flexibility index (Phi) is 3.26. The fourth-order valence-corrected chi connectivity index (χ4v) is 4.06. The third kappa shape index (κ3) is 2.54. The molecule has 1 aromatic heterocycles. The molecule has 1 aliphatic rings. The summed E-state index contributed by atoms with van der Waals surface area (Å²) in [6.07, 6.45) is 3.59. The molecule has 3 rings (SSSR count). The topological polar surface area (TPSA) is 42.2 Å². The molecule has 0 bridgehead atoms. The van der Waals surface area contributed by atoms with Gasteiger partial charge in [-0.05, 0) is 43.2 Å². The van der Waals surface area contributed by atoms with E-state index in [1.165, 1.54) is 11.5 Å². The summed E-state index contributed by atoms with van der Waals surface area (Å²) in [4.78, 5) is 12.3. The molecule has 0 atom stereocenters. The summed E-state index contributed by atoms with van der Waals surface area (Å²) in [5.41, 5.74) is -0.374. The van der Waals surface area contributed by atoms with E-state index in [2.05, 4.69) is 13.8 Å². The summed E-state index contributed by atoms with van der Waals surface area (Å²) in [5.74, 6) is 0. The lowest BCUT2D eigenvalue weighted by molar-refractivity contribution is -0.0370. The normalized spacial score (nSPS) is 21.1. The van der Waals surface area contributed by atoms with Crippen LogP contribution in [0, 0.1) is 5.41 Å². The smallest absolute Gasteiger partial charge is 0.268 e. The third-order valence-corrected chi connectivity index (χ3v) is 5.59. The predicted octanol–water partition coefficient (Wildman–Crippen LogP) is 3.39. The Bertz CT molecular complexity index is 673. The molecule has 0 unspecified atom stereocenters. The average Bonchev–Trinajstić information content (AvgIpc) is 2.71. The zero-order valence-electron chi connectivity index (χ0n) is 12.1. The maximum absolute atomic E-state index is 12.3. The first-order valence-electron chi connectivity index (χ1n) is 7.20. The number of fused-ring (bicyclic) bond motifs is 1. The molecule has 1 fully saturated rings. The fraction of sp³-hybridized carbons (Fsp3) is 0.562. The van der Waals surface area contributed by atoms with Crippen LogP contribution in [-0.2, 0) is 6.54 Å². The van der Waals surface area contributed by atoms with E-state index in [1.807, 2.05) is 24.3 Å². The quantitative estimate of drug-likeness (QED) is 0.921. The minimum atomic E-state index is -0.722. The second-order valence-corrected chi connectivity index (χ2v) is 7.88. The van der Waals surface area contributed by atoms with Crippen molar-refractivity contribution in [3.63, 3.8) is 0 Å². The first-order valence-corrected chi connectivity index (χ1v) is 7.97. The second kappa shape index (κ2) is 4.71. The zero-order valence-corrected chi connectivity index (χ0v) is 12.9. The van der Waals surface area contributed by atoms with Crippen molar-refractivity contribution in [3.8, 4) is 0 Å². The van der Waals surface area contributed by atoms with Crippen LogP contribution in [0.1, 0.15) is 39.5 Å². The summed E-state index contributed by atoms with van der Waals surface area (Å²) in [7, 11) is 0. The second-order valence-electron chi connectivity index (χ2n) is 6.82. The van der Waals surface area contributed by atoms with Crippen molar-refractivity contribution < 1.29 is 5.11 Å². The van der Waals surface area contributed by atoms with Gasteiger partial charge in [-0.15, -0.1) is 0 Å². The average molecular weight is 291 g/mol. The van der Waals surface area contributed by atoms with Crippen LogP contribution in [0.4, 0.5) is 0 Å². The highest BCUT2D eigenvalue weighted by Crippen LogP contribution is 2.41. The molecule has 1 aliphatic carbocycles. The monoisotopic (exact) mass is 291 g/mol. The molecule has 1 heterocycles. The van der Waals surface area contributed by atoms with Gasteiger partial charge in [-0.1, -0.05) is 37.5 Å². The SMILES string of the molecule is CC1(C)CCC(O)(Cn2sc3ccccc3c2=O)CC1. The van der Waals surface area contributed by atoms with Crippen LogP contribution >= 0.6 is 11.5 Å². The lowest BCUT2D eigenvalue weighted by Gasteiger charge is -2.40. The lowest BCUT2D eigenvalue weighted by Crippen LogP contribution is -2.41. The Morgan fingerprint density at radius 3 is 2.50 bits per heavy atom. The molecule has 1 saturated carbocycles. The Hall–Kier alpha value is -1.13. The van der Waals surface area contributed by atoms with Crippen molar-refractivity contribution >= 4 is 21.6 Å². The number of aliphatic hydroxyl groups is 1. The van der Waals surface area contributed by atoms with Gasteiger partial charge in [0, 0.05) is 0 Å². The zero-order chi connectivity index (χ0) is 14.4. The fourth-order valence-electron chi connectivity index (χ4n) is 2.94. The van der Waals surface area contributed by atoms with Crippen LogP contribution < -0.4 is 5.56 Å². The van der Waals surface area contributed by atoms with E-state index in [0.717, 1.165) is 35.8 Å². The van der Waals surface area contributed by atoms with Crippen LogP contribution in [0.25, 0.3) is 10.1 Å². The van der Waals surface area contributed by atoms with Crippen LogP contribution in [-0.4, -0.2) is 14.7 Å². The maximum atomic E-state index is 12.3. The van der Waals surface area contributed by atoms with Gasteiger partial charge in [-0.25, -0.2) is 0 Å². The standard InChI is InChI=1S/C16H21NO2S/c1-15(2)7-9-16(19,10-8-15)11-17-14(18)12-5-3-4-6-13(12)20-17/h3-6,19H,7-11H2,1-2H3. The van der Waals surface area contributed by atoms with Crippen LogP contribution in [0.15, 0.2) is 29.1 Å². The first-order chi connectivity index (χ1) is 9.39. The van der Waals surface area contributed by atoms with E-state index in [1.54, 1.807) is 3.96 Å².